The molecule has 0 unspecified atom stereocenters. The molecule has 1 aromatic rings. The van der Waals surface area contributed by atoms with Gasteiger partial charge in [0.15, 0.2) is 0 Å². The van der Waals surface area contributed by atoms with E-state index in [4.69, 9.17) is 9.88 Å². The van der Waals surface area contributed by atoms with E-state index in [0.29, 0.717) is 5.69 Å². The quantitative estimate of drug-likeness (QED) is 0.642. The third-order valence-corrected chi connectivity index (χ3v) is 5.29. The molecule has 0 amide bonds. The smallest absolute Gasteiger partial charge is 0.293 e. The van der Waals surface area contributed by atoms with Crippen LogP contribution in [0.3, 0.4) is 0 Å². The van der Waals surface area contributed by atoms with Crippen LogP contribution in [0.4, 0.5) is 11.4 Å². The average molecular weight is 343 g/mol. The van der Waals surface area contributed by atoms with Crippen LogP contribution in [0.2, 0.25) is 0 Å². The highest BCUT2D eigenvalue weighted by Crippen LogP contribution is 2.34. The van der Waals surface area contributed by atoms with E-state index >= 15 is 0 Å². The largest absolute Gasteiger partial charge is 0.381 e. The van der Waals surface area contributed by atoms with Crippen LogP contribution in [0.15, 0.2) is 23.1 Å². The lowest BCUT2D eigenvalue weighted by Crippen LogP contribution is -2.37. The minimum absolute atomic E-state index is 0.153. The van der Waals surface area contributed by atoms with Gasteiger partial charge in [-0.05, 0) is 37.8 Å². The zero-order chi connectivity index (χ0) is 17.2. The molecule has 0 bridgehead atoms. The minimum atomic E-state index is -3.98. The molecule has 0 heterocycles. The predicted octanol–water partition coefficient (Wildman–Crippen LogP) is 1.64. The molecular weight excluding hydrogens is 322 g/mol. The Morgan fingerprint density at radius 3 is 2.39 bits per heavy atom. The molecule has 0 saturated heterocycles. The van der Waals surface area contributed by atoms with Crippen molar-refractivity contribution >= 4 is 21.4 Å². The number of rotatable bonds is 5. The summed E-state index contributed by atoms with van der Waals surface area (Å²) in [6, 6.07) is 3.91. The molecule has 1 aliphatic carbocycles. The van der Waals surface area contributed by atoms with Crippen molar-refractivity contribution in [3.63, 3.8) is 0 Å². The SMILES string of the molecule is CO[C@H]1CC[C@@H](N(C)c2ccc(S(N)(=O)=O)cc2[N+](=O)[O-])CC1. The topological polar surface area (TPSA) is 116 Å². The van der Waals surface area contributed by atoms with E-state index in [1.165, 1.54) is 12.1 Å². The van der Waals surface area contributed by atoms with E-state index in [1.807, 2.05) is 4.90 Å². The highest BCUT2D eigenvalue weighted by Gasteiger charge is 2.28. The second kappa shape index (κ2) is 6.81. The van der Waals surface area contributed by atoms with Crippen molar-refractivity contribution in [2.24, 2.45) is 5.14 Å². The number of hydrogen-bond donors (Lipinski definition) is 1. The van der Waals surface area contributed by atoms with Gasteiger partial charge in [-0.1, -0.05) is 0 Å². The Balaban J connectivity index is 2.30. The minimum Gasteiger partial charge on any atom is -0.381 e. The number of hydrogen-bond acceptors (Lipinski definition) is 6. The van der Waals surface area contributed by atoms with Gasteiger partial charge in [-0.25, -0.2) is 13.6 Å². The van der Waals surface area contributed by atoms with Crippen LogP contribution in [-0.4, -0.2) is 39.6 Å². The summed E-state index contributed by atoms with van der Waals surface area (Å²) < 4.78 is 28.1. The van der Waals surface area contributed by atoms with Crippen LogP contribution in [-0.2, 0) is 14.8 Å². The molecule has 0 aromatic heterocycles. The van der Waals surface area contributed by atoms with E-state index in [1.54, 1.807) is 14.2 Å². The number of primary sulfonamides is 1. The molecular formula is C14H21N3O5S. The maximum Gasteiger partial charge on any atom is 0.293 e. The monoisotopic (exact) mass is 343 g/mol. The molecule has 1 fully saturated rings. The third kappa shape index (κ3) is 3.98. The number of anilines is 1. The van der Waals surface area contributed by atoms with Crippen LogP contribution < -0.4 is 10.0 Å². The summed E-state index contributed by atoms with van der Waals surface area (Å²) in [6.45, 7) is 0. The van der Waals surface area contributed by atoms with Crippen molar-refractivity contribution in [1.29, 1.82) is 0 Å². The predicted molar refractivity (Wildman–Crippen MR) is 85.9 cm³/mol. The van der Waals surface area contributed by atoms with E-state index < -0.39 is 14.9 Å². The molecule has 1 aliphatic rings. The van der Waals surface area contributed by atoms with Crippen molar-refractivity contribution in [2.45, 2.75) is 42.7 Å². The first kappa shape index (κ1) is 17.6. The summed E-state index contributed by atoms with van der Waals surface area (Å²) >= 11 is 0. The number of sulfonamides is 1. The van der Waals surface area contributed by atoms with Gasteiger partial charge in [0.25, 0.3) is 5.69 Å². The Morgan fingerprint density at radius 1 is 1.30 bits per heavy atom. The molecule has 2 rings (SSSR count). The van der Waals surface area contributed by atoms with E-state index in [2.05, 4.69) is 0 Å². The highest BCUT2D eigenvalue weighted by atomic mass is 32.2. The van der Waals surface area contributed by atoms with E-state index in [-0.39, 0.29) is 22.7 Å². The Kier molecular flexibility index (Phi) is 5.23. The van der Waals surface area contributed by atoms with Gasteiger partial charge in [-0.15, -0.1) is 0 Å². The highest BCUT2D eigenvalue weighted by molar-refractivity contribution is 7.89. The molecule has 2 N–H and O–H groups in total. The fourth-order valence-corrected chi connectivity index (χ4v) is 3.52. The summed E-state index contributed by atoms with van der Waals surface area (Å²) in [6.07, 6.45) is 3.76. The first-order valence-electron chi connectivity index (χ1n) is 7.31. The number of nitrogens with zero attached hydrogens (tertiary/aromatic N) is 2. The molecule has 0 aliphatic heterocycles. The standard InChI is InChI=1S/C14H21N3O5S/c1-16(10-3-5-11(22-2)6-4-10)13-8-7-12(23(15,20)21)9-14(13)17(18)19/h7-11H,3-6H2,1-2H3,(H2,15,20,21)/t10-,11+. The summed E-state index contributed by atoms with van der Waals surface area (Å²) in [4.78, 5) is 12.3. The molecule has 1 aromatic carbocycles. The Bertz CT molecular complexity index is 684. The molecule has 23 heavy (non-hydrogen) atoms. The zero-order valence-corrected chi connectivity index (χ0v) is 14.0. The number of ether oxygens (including phenoxy) is 1. The maximum atomic E-state index is 11.4. The number of nitrogens with two attached hydrogens (primary N) is 1. The van der Waals surface area contributed by atoms with Gasteiger partial charge in [0, 0.05) is 26.3 Å². The maximum absolute atomic E-state index is 11.4. The second-order valence-electron chi connectivity index (χ2n) is 5.73. The Labute approximate surface area is 135 Å². The summed E-state index contributed by atoms with van der Waals surface area (Å²) in [5.74, 6) is 0. The lowest BCUT2D eigenvalue weighted by Gasteiger charge is -2.35. The molecule has 8 nitrogen and oxygen atoms in total. The van der Waals surface area contributed by atoms with Gasteiger partial charge in [0.05, 0.1) is 15.9 Å². The number of benzene rings is 1. The molecule has 0 spiro atoms. The Hall–Kier alpha value is -1.71. The number of methoxy groups -OCH3 is 1. The zero-order valence-electron chi connectivity index (χ0n) is 13.1. The van der Waals surface area contributed by atoms with Crippen LogP contribution in [0.5, 0.6) is 0 Å². The number of nitro groups is 1. The second-order valence-corrected chi connectivity index (χ2v) is 7.29. The van der Waals surface area contributed by atoms with Crippen LogP contribution in [0.1, 0.15) is 25.7 Å². The van der Waals surface area contributed by atoms with Crippen LogP contribution in [0.25, 0.3) is 0 Å². The first-order chi connectivity index (χ1) is 10.7. The van der Waals surface area contributed by atoms with Gasteiger partial charge in [0.2, 0.25) is 10.0 Å². The molecule has 128 valence electrons. The van der Waals surface area contributed by atoms with Crippen molar-refractivity contribution in [1.82, 2.24) is 0 Å². The van der Waals surface area contributed by atoms with Gasteiger partial charge >= 0.3 is 0 Å². The lowest BCUT2D eigenvalue weighted by molar-refractivity contribution is -0.384. The third-order valence-electron chi connectivity index (χ3n) is 4.38. The van der Waals surface area contributed by atoms with Crippen molar-refractivity contribution in [3.8, 4) is 0 Å². The number of nitro benzene ring substituents is 1. The van der Waals surface area contributed by atoms with E-state index in [0.717, 1.165) is 31.7 Å². The molecule has 1 saturated carbocycles. The fraction of sp³-hybridized carbons (Fsp3) is 0.571. The summed E-state index contributed by atoms with van der Waals surface area (Å²) in [5, 5.41) is 16.4. The molecule has 0 radical (unpaired) electrons. The lowest BCUT2D eigenvalue weighted by atomic mass is 9.91. The van der Waals surface area contributed by atoms with Gasteiger partial charge in [0.1, 0.15) is 5.69 Å². The van der Waals surface area contributed by atoms with Crippen molar-refractivity contribution in [2.75, 3.05) is 19.1 Å². The van der Waals surface area contributed by atoms with E-state index in [9.17, 15) is 18.5 Å². The molecule has 0 atom stereocenters. The van der Waals surface area contributed by atoms with Crippen LogP contribution in [0, 0.1) is 10.1 Å². The molecule has 9 heteroatoms. The van der Waals surface area contributed by atoms with Gasteiger partial charge in [-0.2, -0.15) is 0 Å². The summed E-state index contributed by atoms with van der Waals surface area (Å²) in [5.41, 5.74) is 0.135. The average Bonchev–Trinajstić information content (AvgIpc) is 2.52. The van der Waals surface area contributed by atoms with Crippen LogP contribution >= 0.6 is 0 Å². The van der Waals surface area contributed by atoms with Gasteiger partial charge in [-0.3, -0.25) is 10.1 Å². The van der Waals surface area contributed by atoms with Gasteiger partial charge < -0.3 is 9.64 Å². The van der Waals surface area contributed by atoms with Crippen molar-refractivity contribution < 1.29 is 18.1 Å². The summed E-state index contributed by atoms with van der Waals surface area (Å²) in [7, 11) is -0.502. The fourth-order valence-electron chi connectivity index (χ4n) is 2.99. The van der Waals surface area contributed by atoms with Crippen molar-refractivity contribution in [3.05, 3.63) is 28.3 Å². The Morgan fingerprint density at radius 2 is 1.91 bits per heavy atom. The normalized spacial score (nSPS) is 21.9. The first-order valence-corrected chi connectivity index (χ1v) is 8.85.